The van der Waals surface area contributed by atoms with Crippen LogP contribution in [0.5, 0.6) is 0 Å². The number of fused-ring (bicyclic) bond motifs is 6. The maximum Gasteiger partial charge on any atom is 0.0555 e. The Bertz CT molecular complexity index is 2910. The van der Waals surface area contributed by atoms with Crippen LogP contribution >= 0.6 is 11.3 Å². The smallest absolute Gasteiger partial charge is 0.0555 e. The van der Waals surface area contributed by atoms with E-state index >= 15 is 0 Å². The zero-order chi connectivity index (χ0) is 35.5. The molecule has 0 saturated heterocycles. The highest BCUT2D eigenvalue weighted by Gasteiger charge is 2.22. The first kappa shape index (κ1) is 31.3. The summed E-state index contributed by atoms with van der Waals surface area (Å²) in [5.41, 5.74) is 14.5. The average Bonchev–Trinajstić information content (AvgIpc) is 3.76. The van der Waals surface area contributed by atoms with Gasteiger partial charge in [-0.2, -0.15) is 0 Å². The van der Waals surface area contributed by atoms with Gasteiger partial charge in [0.2, 0.25) is 0 Å². The van der Waals surface area contributed by atoms with Crippen LogP contribution in [-0.4, -0.2) is 4.57 Å². The molecule has 252 valence electrons. The van der Waals surface area contributed by atoms with Crippen LogP contribution in [0.1, 0.15) is 11.1 Å². The Hall–Kier alpha value is -6.42. The van der Waals surface area contributed by atoms with E-state index in [1.54, 1.807) is 0 Å². The summed E-state index contributed by atoms with van der Waals surface area (Å²) in [7, 11) is 0. The van der Waals surface area contributed by atoms with Gasteiger partial charge in [-0.05, 0) is 102 Å². The maximum absolute atomic E-state index is 2.45. The summed E-state index contributed by atoms with van der Waals surface area (Å²) in [5, 5.41) is 5.09. The lowest BCUT2D eigenvalue weighted by Gasteiger charge is -2.28. The quantitative estimate of drug-likeness (QED) is 0.168. The predicted octanol–water partition coefficient (Wildman–Crippen LogP) is 14.6. The average molecular weight is 697 g/mol. The third kappa shape index (κ3) is 5.24. The highest BCUT2D eigenvalue weighted by Crippen LogP contribution is 2.49. The number of aromatic nitrogens is 1. The molecule has 2 heterocycles. The first-order valence-electron chi connectivity index (χ1n) is 18.2. The Morgan fingerprint density at radius 3 is 1.83 bits per heavy atom. The lowest BCUT2D eigenvalue weighted by atomic mass is 9.98. The number of nitrogens with zero attached hydrogens (tertiary/aromatic N) is 2. The molecule has 0 atom stereocenters. The van der Waals surface area contributed by atoms with Crippen molar-refractivity contribution in [2.75, 3.05) is 4.90 Å². The number of thiophene rings is 1. The highest BCUT2D eigenvalue weighted by atomic mass is 32.1. The van der Waals surface area contributed by atoms with Crippen LogP contribution in [0.25, 0.3) is 69.9 Å². The van der Waals surface area contributed by atoms with Gasteiger partial charge in [-0.3, -0.25) is 0 Å². The Labute approximate surface area is 313 Å². The topological polar surface area (TPSA) is 8.17 Å². The molecule has 0 aliphatic carbocycles. The standard InChI is InChI=1S/C50H36N2S/c1-33-23-25-37(26-24-33)51(39-27-28-40(34(2)31-39)35-13-4-3-5-14-35)47-30-29-41(50-49(47)44-19-8-11-22-48(44)53-50)36-15-12-16-38(32-36)52-45-20-9-6-17-42(45)43-18-7-10-21-46(43)52/h3-32H,1-2H3. The van der Waals surface area contributed by atoms with Crippen molar-refractivity contribution >= 4 is 70.4 Å². The summed E-state index contributed by atoms with van der Waals surface area (Å²) in [4.78, 5) is 2.45. The Kier molecular flexibility index (Phi) is 7.48. The van der Waals surface area contributed by atoms with Crippen molar-refractivity contribution in [2.24, 2.45) is 0 Å². The van der Waals surface area contributed by atoms with E-state index in [1.165, 1.54) is 81.0 Å². The largest absolute Gasteiger partial charge is 0.310 e. The van der Waals surface area contributed by atoms with Crippen LogP contribution in [0.3, 0.4) is 0 Å². The zero-order valence-electron chi connectivity index (χ0n) is 29.6. The predicted molar refractivity (Wildman–Crippen MR) is 229 cm³/mol. The van der Waals surface area contributed by atoms with E-state index < -0.39 is 0 Å². The van der Waals surface area contributed by atoms with E-state index in [0.717, 1.165) is 17.1 Å². The molecule has 8 aromatic carbocycles. The lowest BCUT2D eigenvalue weighted by molar-refractivity contribution is 1.18. The maximum atomic E-state index is 2.45. The second-order valence-electron chi connectivity index (χ2n) is 13.9. The number of anilines is 3. The van der Waals surface area contributed by atoms with E-state index in [-0.39, 0.29) is 0 Å². The molecule has 0 saturated carbocycles. The van der Waals surface area contributed by atoms with E-state index in [9.17, 15) is 0 Å². The zero-order valence-corrected chi connectivity index (χ0v) is 30.4. The van der Waals surface area contributed by atoms with Crippen LogP contribution in [-0.2, 0) is 0 Å². The number of hydrogen-bond donors (Lipinski definition) is 0. The summed E-state index contributed by atoms with van der Waals surface area (Å²) in [6, 6.07) is 66.6. The molecular weight excluding hydrogens is 661 g/mol. The van der Waals surface area contributed by atoms with Crippen molar-refractivity contribution in [1.82, 2.24) is 4.57 Å². The summed E-state index contributed by atoms with van der Waals surface area (Å²) in [5.74, 6) is 0. The van der Waals surface area contributed by atoms with Crippen LogP contribution in [0.4, 0.5) is 17.1 Å². The molecule has 0 radical (unpaired) electrons. The van der Waals surface area contributed by atoms with E-state index in [1.807, 2.05) is 11.3 Å². The van der Waals surface area contributed by atoms with Crippen molar-refractivity contribution in [1.29, 1.82) is 0 Å². The molecule has 2 nitrogen and oxygen atoms in total. The van der Waals surface area contributed by atoms with Crippen molar-refractivity contribution in [2.45, 2.75) is 13.8 Å². The SMILES string of the molecule is Cc1ccc(N(c2ccc(-c3ccccc3)c(C)c2)c2ccc(-c3cccc(-n4c5ccccc5c5ccccc54)c3)c3sc4ccccc4c23)cc1. The van der Waals surface area contributed by atoms with Gasteiger partial charge in [0.25, 0.3) is 0 Å². The first-order chi connectivity index (χ1) is 26.1. The van der Waals surface area contributed by atoms with Crippen molar-refractivity contribution in [3.05, 3.63) is 193 Å². The second-order valence-corrected chi connectivity index (χ2v) is 14.9. The number of benzene rings is 8. The molecule has 10 rings (SSSR count). The van der Waals surface area contributed by atoms with Gasteiger partial charge in [0.1, 0.15) is 0 Å². The van der Waals surface area contributed by atoms with Gasteiger partial charge in [0.05, 0.1) is 16.7 Å². The molecule has 0 aliphatic rings. The summed E-state index contributed by atoms with van der Waals surface area (Å²) >= 11 is 1.89. The van der Waals surface area contributed by atoms with E-state index in [0.29, 0.717) is 0 Å². The third-order valence-electron chi connectivity index (χ3n) is 10.6. The summed E-state index contributed by atoms with van der Waals surface area (Å²) in [6.45, 7) is 4.38. The molecular formula is C50H36N2S. The molecule has 10 aromatic rings. The molecule has 0 fully saturated rings. The fourth-order valence-corrected chi connectivity index (χ4v) is 9.35. The van der Waals surface area contributed by atoms with Gasteiger partial charge in [-0.25, -0.2) is 0 Å². The molecule has 3 heteroatoms. The summed E-state index contributed by atoms with van der Waals surface area (Å²) < 4.78 is 4.98. The van der Waals surface area contributed by atoms with Gasteiger partial charge in [-0.1, -0.05) is 127 Å². The highest BCUT2D eigenvalue weighted by molar-refractivity contribution is 7.26. The summed E-state index contributed by atoms with van der Waals surface area (Å²) in [6.07, 6.45) is 0. The molecule has 0 unspecified atom stereocenters. The molecule has 0 N–H and O–H groups in total. The third-order valence-corrected chi connectivity index (χ3v) is 11.8. The lowest BCUT2D eigenvalue weighted by Crippen LogP contribution is -2.11. The van der Waals surface area contributed by atoms with Gasteiger partial charge in [0.15, 0.2) is 0 Å². The van der Waals surface area contributed by atoms with Crippen LogP contribution in [0.15, 0.2) is 182 Å². The van der Waals surface area contributed by atoms with Crippen molar-refractivity contribution < 1.29 is 0 Å². The van der Waals surface area contributed by atoms with Gasteiger partial charge >= 0.3 is 0 Å². The monoisotopic (exact) mass is 696 g/mol. The Morgan fingerprint density at radius 2 is 1.09 bits per heavy atom. The van der Waals surface area contributed by atoms with Crippen LogP contribution in [0.2, 0.25) is 0 Å². The molecule has 0 bridgehead atoms. The van der Waals surface area contributed by atoms with Gasteiger partial charge in [-0.15, -0.1) is 11.3 Å². The molecule has 0 aliphatic heterocycles. The minimum atomic E-state index is 1.14. The fraction of sp³-hybridized carbons (Fsp3) is 0.0400. The minimum Gasteiger partial charge on any atom is -0.310 e. The van der Waals surface area contributed by atoms with Gasteiger partial charge in [0, 0.05) is 48.0 Å². The molecule has 2 aromatic heterocycles. The normalized spacial score (nSPS) is 11.6. The van der Waals surface area contributed by atoms with E-state index in [4.69, 9.17) is 0 Å². The molecule has 0 amide bonds. The van der Waals surface area contributed by atoms with Crippen molar-refractivity contribution in [3.63, 3.8) is 0 Å². The van der Waals surface area contributed by atoms with E-state index in [2.05, 4.69) is 205 Å². The van der Waals surface area contributed by atoms with Crippen LogP contribution in [0, 0.1) is 13.8 Å². The molecule has 0 spiro atoms. The molecule has 53 heavy (non-hydrogen) atoms. The number of rotatable bonds is 6. The fourth-order valence-electron chi connectivity index (χ4n) is 8.09. The minimum absolute atomic E-state index is 1.14. The van der Waals surface area contributed by atoms with Gasteiger partial charge < -0.3 is 9.47 Å². The van der Waals surface area contributed by atoms with Crippen LogP contribution < -0.4 is 4.90 Å². The Balaban J connectivity index is 1.19. The van der Waals surface area contributed by atoms with Crippen molar-refractivity contribution in [3.8, 4) is 27.9 Å². The second kappa shape index (κ2) is 12.7. The number of para-hydroxylation sites is 2. The first-order valence-corrected chi connectivity index (χ1v) is 19.0. The Morgan fingerprint density at radius 1 is 0.472 bits per heavy atom. The number of hydrogen-bond acceptors (Lipinski definition) is 2. The number of aryl methyl sites for hydroxylation is 2.